The van der Waals surface area contributed by atoms with E-state index in [1.54, 1.807) is 12.4 Å². The molecule has 5 heteroatoms. The van der Waals surface area contributed by atoms with Gasteiger partial charge in [0.15, 0.2) is 0 Å². The molecule has 0 saturated heterocycles. The van der Waals surface area contributed by atoms with Gasteiger partial charge in [0.05, 0.1) is 11.4 Å². The Morgan fingerprint density at radius 3 is 2.36 bits per heavy atom. The fourth-order valence-electron chi connectivity index (χ4n) is 2.85. The van der Waals surface area contributed by atoms with Gasteiger partial charge in [0, 0.05) is 48.9 Å². The molecular formula is C23H24N4O. The fraction of sp³-hybridized carbons (Fsp3) is 0.174. The summed E-state index contributed by atoms with van der Waals surface area (Å²) in [5.41, 5.74) is 4.06. The molecule has 0 aliphatic heterocycles. The third-order valence-corrected chi connectivity index (χ3v) is 4.45. The molecule has 1 aromatic carbocycles. The number of pyridine rings is 2. The number of likely N-dealkylation sites (N-methyl/N-ethyl adjacent to an activating group) is 1. The molecule has 1 N–H and O–H groups in total. The lowest BCUT2D eigenvalue weighted by atomic mass is 10.2. The monoisotopic (exact) mass is 372 g/mol. The van der Waals surface area contributed by atoms with Crippen molar-refractivity contribution in [3.63, 3.8) is 0 Å². The van der Waals surface area contributed by atoms with Crippen molar-refractivity contribution in [1.82, 2.24) is 20.2 Å². The summed E-state index contributed by atoms with van der Waals surface area (Å²) in [7, 11) is 0. The van der Waals surface area contributed by atoms with Crippen molar-refractivity contribution in [3.05, 3.63) is 90.8 Å². The van der Waals surface area contributed by atoms with Gasteiger partial charge in [-0.1, -0.05) is 30.8 Å². The molecule has 2 heterocycles. The van der Waals surface area contributed by atoms with Crippen LogP contribution in [0.2, 0.25) is 0 Å². The maximum Gasteiger partial charge on any atom is 0.253 e. The molecule has 0 fully saturated rings. The SMILES string of the molecule is C=C(NCCN(CC)C(=O)c1ccccc1)c1ccc(-c2ccccn2)nc1. The first-order valence-electron chi connectivity index (χ1n) is 9.34. The molecule has 5 nitrogen and oxygen atoms in total. The van der Waals surface area contributed by atoms with Crippen molar-refractivity contribution in [2.45, 2.75) is 6.92 Å². The van der Waals surface area contributed by atoms with E-state index < -0.39 is 0 Å². The number of hydrogen-bond acceptors (Lipinski definition) is 4. The molecule has 0 bridgehead atoms. The molecular weight excluding hydrogens is 348 g/mol. The van der Waals surface area contributed by atoms with Crippen molar-refractivity contribution >= 4 is 11.6 Å². The quantitative estimate of drug-likeness (QED) is 0.652. The van der Waals surface area contributed by atoms with Crippen molar-refractivity contribution in [3.8, 4) is 11.4 Å². The van der Waals surface area contributed by atoms with E-state index in [4.69, 9.17) is 0 Å². The number of carbonyl (C=O) groups excluding carboxylic acids is 1. The Hall–Kier alpha value is -3.47. The van der Waals surface area contributed by atoms with Crippen LogP contribution in [0.5, 0.6) is 0 Å². The summed E-state index contributed by atoms with van der Waals surface area (Å²) in [5.74, 6) is 0.0388. The molecule has 142 valence electrons. The summed E-state index contributed by atoms with van der Waals surface area (Å²) in [6, 6.07) is 19.0. The number of amides is 1. The third-order valence-electron chi connectivity index (χ3n) is 4.45. The second-order valence-electron chi connectivity index (χ2n) is 6.30. The first kappa shape index (κ1) is 19.3. The lowest BCUT2D eigenvalue weighted by Crippen LogP contribution is -2.36. The number of nitrogens with one attached hydrogen (secondary N) is 1. The predicted octanol–water partition coefficient (Wildman–Crippen LogP) is 3.87. The van der Waals surface area contributed by atoms with Gasteiger partial charge in [0.2, 0.25) is 0 Å². The first-order valence-corrected chi connectivity index (χ1v) is 9.34. The molecule has 0 spiro atoms. The highest BCUT2D eigenvalue weighted by Gasteiger charge is 2.13. The molecule has 28 heavy (non-hydrogen) atoms. The van der Waals surface area contributed by atoms with Crippen LogP contribution in [0, 0.1) is 0 Å². The Kier molecular flexibility index (Phi) is 6.52. The minimum Gasteiger partial charge on any atom is -0.383 e. The zero-order chi connectivity index (χ0) is 19.8. The molecule has 1 amide bonds. The Balaban J connectivity index is 1.54. The van der Waals surface area contributed by atoms with E-state index in [9.17, 15) is 4.79 Å². The van der Waals surface area contributed by atoms with Gasteiger partial charge < -0.3 is 10.2 Å². The highest BCUT2D eigenvalue weighted by atomic mass is 16.2. The van der Waals surface area contributed by atoms with Crippen LogP contribution in [0.1, 0.15) is 22.8 Å². The van der Waals surface area contributed by atoms with Crippen LogP contribution < -0.4 is 5.32 Å². The van der Waals surface area contributed by atoms with Crippen LogP contribution in [0.25, 0.3) is 17.1 Å². The van der Waals surface area contributed by atoms with Crippen LogP contribution in [0.15, 0.2) is 79.6 Å². The van der Waals surface area contributed by atoms with E-state index in [0.29, 0.717) is 25.2 Å². The molecule has 0 atom stereocenters. The van der Waals surface area contributed by atoms with E-state index in [1.807, 2.05) is 72.5 Å². The molecule has 0 saturated carbocycles. The zero-order valence-corrected chi connectivity index (χ0v) is 16.0. The predicted molar refractivity (Wildman–Crippen MR) is 113 cm³/mol. The minimum absolute atomic E-state index is 0.0388. The van der Waals surface area contributed by atoms with E-state index in [0.717, 1.165) is 22.6 Å². The van der Waals surface area contributed by atoms with Crippen molar-refractivity contribution in [2.24, 2.45) is 0 Å². The summed E-state index contributed by atoms with van der Waals surface area (Å²) in [5, 5.41) is 3.29. The first-order chi connectivity index (χ1) is 13.7. The third kappa shape index (κ3) is 4.82. The van der Waals surface area contributed by atoms with E-state index in [-0.39, 0.29) is 5.91 Å². The maximum absolute atomic E-state index is 12.6. The summed E-state index contributed by atoms with van der Waals surface area (Å²) >= 11 is 0. The van der Waals surface area contributed by atoms with Gasteiger partial charge in [-0.05, 0) is 43.3 Å². The van der Waals surface area contributed by atoms with Gasteiger partial charge in [-0.25, -0.2) is 0 Å². The molecule has 0 radical (unpaired) electrons. The highest BCUT2D eigenvalue weighted by Crippen LogP contribution is 2.16. The van der Waals surface area contributed by atoms with Gasteiger partial charge in [-0.15, -0.1) is 0 Å². The van der Waals surface area contributed by atoms with Gasteiger partial charge >= 0.3 is 0 Å². The summed E-state index contributed by atoms with van der Waals surface area (Å²) in [4.78, 5) is 23.1. The topological polar surface area (TPSA) is 58.1 Å². The van der Waals surface area contributed by atoms with Crippen molar-refractivity contribution in [1.29, 1.82) is 0 Å². The summed E-state index contributed by atoms with van der Waals surface area (Å²) in [6.07, 6.45) is 3.54. The average molecular weight is 372 g/mol. The second kappa shape index (κ2) is 9.46. The van der Waals surface area contributed by atoms with Gasteiger partial charge in [-0.2, -0.15) is 0 Å². The lowest BCUT2D eigenvalue weighted by molar-refractivity contribution is 0.0767. The van der Waals surface area contributed by atoms with Crippen LogP contribution in [-0.4, -0.2) is 40.4 Å². The largest absolute Gasteiger partial charge is 0.383 e. The van der Waals surface area contributed by atoms with E-state index in [2.05, 4.69) is 21.9 Å². The smallest absolute Gasteiger partial charge is 0.253 e. The van der Waals surface area contributed by atoms with Gasteiger partial charge in [-0.3, -0.25) is 14.8 Å². The highest BCUT2D eigenvalue weighted by molar-refractivity contribution is 5.94. The van der Waals surface area contributed by atoms with Crippen LogP contribution >= 0.6 is 0 Å². The number of carbonyl (C=O) groups is 1. The molecule has 0 aliphatic rings. The number of benzene rings is 1. The van der Waals surface area contributed by atoms with Crippen molar-refractivity contribution < 1.29 is 4.79 Å². The molecule has 0 unspecified atom stereocenters. The van der Waals surface area contributed by atoms with Gasteiger partial charge in [0.1, 0.15) is 0 Å². The van der Waals surface area contributed by atoms with Crippen LogP contribution in [0.4, 0.5) is 0 Å². The molecule has 3 rings (SSSR count). The number of hydrogen-bond donors (Lipinski definition) is 1. The van der Waals surface area contributed by atoms with Crippen LogP contribution in [0.3, 0.4) is 0 Å². The Labute approximate surface area is 165 Å². The van der Waals surface area contributed by atoms with Crippen molar-refractivity contribution in [2.75, 3.05) is 19.6 Å². The molecule has 2 aromatic heterocycles. The summed E-state index contributed by atoms with van der Waals surface area (Å²) < 4.78 is 0. The normalized spacial score (nSPS) is 10.3. The second-order valence-corrected chi connectivity index (χ2v) is 6.30. The number of rotatable bonds is 8. The number of aromatic nitrogens is 2. The lowest BCUT2D eigenvalue weighted by Gasteiger charge is -2.22. The minimum atomic E-state index is 0.0388. The average Bonchev–Trinajstić information content (AvgIpc) is 2.77. The maximum atomic E-state index is 12.6. The molecule has 3 aromatic rings. The molecule has 0 aliphatic carbocycles. The van der Waals surface area contributed by atoms with E-state index >= 15 is 0 Å². The fourth-order valence-corrected chi connectivity index (χ4v) is 2.85. The Morgan fingerprint density at radius 2 is 1.71 bits per heavy atom. The van der Waals surface area contributed by atoms with E-state index in [1.165, 1.54) is 0 Å². The Morgan fingerprint density at radius 1 is 0.964 bits per heavy atom. The summed E-state index contributed by atoms with van der Waals surface area (Å²) in [6.45, 7) is 7.94. The Bertz CT molecular complexity index is 908. The number of nitrogens with zero attached hydrogens (tertiary/aromatic N) is 3. The van der Waals surface area contributed by atoms with Gasteiger partial charge in [0.25, 0.3) is 5.91 Å². The standard InChI is InChI=1S/C23H24N4O/c1-3-27(23(28)19-9-5-4-6-10-19)16-15-24-18(2)20-12-13-22(26-17-20)21-11-7-8-14-25-21/h4-14,17,24H,2-3,15-16H2,1H3. The van der Waals surface area contributed by atoms with Crippen LogP contribution in [-0.2, 0) is 0 Å². The zero-order valence-electron chi connectivity index (χ0n) is 16.0.